The minimum absolute atomic E-state index is 0.0612. The number of nitrogens with one attached hydrogen (secondary N) is 1. The average Bonchev–Trinajstić information content (AvgIpc) is 2.63. The first-order chi connectivity index (χ1) is 12.8. The number of carbonyl (C=O) groups is 3. The van der Waals surface area contributed by atoms with Crippen LogP contribution in [0.15, 0.2) is 42.5 Å². The summed E-state index contributed by atoms with van der Waals surface area (Å²) in [6.45, 7) is 5.05. The molecule has 2 aromatic rings. The summed E-state index contributed by atoms with van der Waals surface area (Å²) in [5, 5.41) is 2.70. The van der Waals surface area contributed by atoms with E-state index in [1.165, 1.54) is 26.0 Å². The van der Waals surface area contributed by atoms with E-state index in [9.17, 15) is 18.8 Å². The first-order valence-corrected chi connectivity index (χ1v) is 8.62. The molecule has 0 spiro atoms. The number of rotatable bonds is 7. The van der Waals surface area contributed by atoms with Crippen molar-refractivity contribution in [3.05, 3.63) is 70.5 Å². The molecular weight excluding hydrogens is 349 g/mol. The van der Waals surface area contributed by atoms with Crippen molar-refractivity contribution >= 4 is 17.7 Å². The van der Waals surface area contributed by atoms with Gasteiger partial charge in [0.1, 0.15) is 5.82 Å². The first kappa shape index (κ1) is 20.3. The van der Waals surface area contributed by atoms with Gasteiger partial charge in [0.25, 0.3) is 0 Å². The molecule has 0 aliphatic heterocycles. The van der Waals surface area contributed by atoms with E-state index in [-0.39, 0.29) is 17.3 Å². The van der Waals surface area contributed by atoms with Crippen LogP contribution in [0.1, 0.15) is 45.7 Å². The Balaban J connectivity index is 1.96. The second-order valence-electron chi connectivity index (χ2n) is 6.31. The summed E-state index contributed by atoms with van der Waals surface area (Å²) >= 11 is 0. The molecule has 27 heavy (non-hydrogen) atoms. The molecule has 0 fully saturated rings. The van der Waals surface area contributed by atoms with Crippen molar-refractivity contribution in [2.24, 2.45) is 0 Å². The Hall–Kier alpha value is -3.02. The van der Waals surface area contributed by atoms with Gasteiger partial charge in [-0.05, 0) is 43.5 Å². The molecule has 0 saturated heterocycles. The second kappa shape index (κ2) is 9.07. The Bertz CT molecular complexity index is 846. The highest BCUT2D eigenvalue weighted by molar-refractivity contribution is 6.01. The monoisotopic (exact) mass is 371 g/mol. The van der Waals surface area contributed by atoms with Crippen molar-refractivity contribution in [3.63, 3.8) is 0 Å². The summed E-state index contributed by atoms with van der Waals surface area (Å²) in [5.41, 5.74) is 1.87. The number of ketones is 1. The van der Waals surface area contributed by atoms with Crippen LogP contribution in [-0.2, 0) is 16.0 Å². The van der Waals surface area contributed by atoms with E-state index in [4.69, 9.17) is 4.74 Å². The average molecular weight is 371 g/mol. The van der Waals surface area contributed by atoms with Gasteiger partial charge in [-0.3, -0.25) is 9.59 Å². The highest BCUT2D eigenvalue weighted by atomic mass is 19.1. The zero-order valence-corrected chi connectivity index (χ0v) is 15.5. The molecule has 0 aliphatic rings. The Morgan fingerprint density at radius 3 is 2.30 bits per heavy atom. The van der Waals surface area contributed by atoms with E-state index >= 15 is 0 Å². The van der Waals surface area contributed by atoms with E-state index in [1.54, 1.807) is 31.2 Å². The summed E-state index contributed by atoms with van der Waals surface area (Å²) in [6, 6.07) is 10.9. The van der Waals surface area contributed by atoms with Gasteiger partial charge >= 0.3 is 5.97 Å². The van der Waals surface area contributed by atoms with Gasteiger partial charge in [-0.15, -0.1) is 0 Å². The third-order valence-electron chi connectivity index (χ3n) is 4.09. The molecule has 0 heterocycles. The number of amides is 1. The van der Waals surface area contributed by atoms with Gasteiger partial charge in [-0.1, -0.05) is 30.3 Å². The Morgan fingerprint density at radius 2 is 1.70 bits per heavy atom. The Morgan fingerprint density at radius 1 is 1.07 bits per heavy atom. The molecule has 1 N–H and O–H groups in total. The molecular formula is C21H22FNO4. The van der Waals surface area contributed by atoms with Gasteiger partial charge in [0.05, 0.1) is 5.56 Å². The van der Waals surface area contributed by atoms with Crippen LogP contribution in [-0.4, -0.2) is 30.3 Å². The predicted molar refractivity (Wildman–Crippen MR) is 99.2 cm³/mol. The van der Waals surface area contributed by atoms with Gasteiger partial charge in [-0.2, -0.15) is 0 Å². The second-order valence-corrected chi connectivity index (χ2v) is 6.31. The lowest BCUT2D eigenvalue weighted by Crippen LogP contribution is -2.24. The van der Waals surface area contributed by atoms with Crippen molar-refractivity contribution < 1.29 is 23.5 Å². The zero-order valence-electron chi connectivity index (χ0n) is 15.5. The molecule has 1 amide bonds. The lowest BCUT2D eigenvalue weighted by molar-refractivity contribution is -0.118. The number of halogens is 1. The number of carbonyl (C=O) groups excluding carboxylic acids is 3. The quantitative estimate of drug-likeness (QED) is 0.599. The SMILES string of the molecule is CC(=O)NCCc1ccc(C(=O)[C@H](C)OC(=O)c2ccc(C)c(F)c2)cc1. The maximum Gasteiger partial charge on any atom is 0.338 e. The maximum absolute atomic E-state index is 13.6. The number of esters is 1. The minimum atomic E-state index is -0.993. The fourth-order valence-electron chi connectivity index (χ4n) is 2.46. The van der Waals surface area contributed by atoms with E-state index in [1.807, 2.05) is 0 Å². The molecule has 0 aliphatic carbocycles. The highest BCUT2D eigenvalue weighted by Crippen LogP contribution is 2.14. The fraction of sp³-hybridized carbons (Fsp3) is 0.286. The molecule has 1 atom stereocenters. The van der Waals surface area contributed by atoms with Crippen molar-refractivity contribution in [1.29, 1.82) is 0 Å². The largest absolute Gasteiger partial charge is 0.451 e. The van der Waals surface area contributed by atoms with Crippen LogP contribution in [0.3, 0.4) is 0 Å². The van der Waals surface area contributed by atoms with Gasteiger partial charge in [0.2, 0.25) is 11.7 Å². The van der Waals surface area contributed by atoms with Crippen LogP contribution in [0.2, 0.25) is 0 Å². The number of hydrogen-bond donors (Lipinski definition) is 1. The van der Waals surface area contributed by atoms with E-state index in [2.05, 4.69) is 5.32 Å². The standard InChI is InChI=1S/C21H22FNO4/c1-13-4-7-18(12-19(13)22)21(26)27-14(2)20(25)17-8-5-16(6-9-17)10-11-23-15(3)24/h4-9,12,14H,10-11H2,1-3H3,(H,23,24)/t14-/m0/s1. The maximum atomic E-state index is 13.6. The summed E-state index contributed by atoms with van der Waals surface area (Å²) in [5.74, 6) is -1.69. The predicted octanol–water partition coefficient (Wildman–Crippen LogP) is 3.24. The first-order valence-electron chi connectivity index (χ1n) is 8.62. The molecule has 0 bridgehead atoms. The third kappa shape index (κ3) is 5.74. The molecule has 0 unspecified atom stereocenters. The van der Waals surface area contributed by atoms with Crippen molar-refractivity contribution in [1.82, 2.24) is 5.32 Å². The Kier molecular flexibility index (Phi) is 6.82. The van der Waals surface area contributed by atoms with Gasteiger partial charge < -0.3 is 10.1 Å². The fourth-order valence-corrected chi connectivity index (χ4v) is 2.46. The van der Waals surface area contributed by atoms with Gasteiger partial charge in [-0.25, -0.2) is 9.18 Å². The molecule has 2 rings (SSSR count). The molecule has 0 saturated carbocycles. The summed E-state index contributed by atoms with van der Waals surface area (Å²) in [7, 11) is 0. The number of ether oxygens (including phenoxy) is 1. The summed E-state index contributed by atoms with van der Waals surface area (Å²) < 4.78 is 18.7. The topological polar surface area (TPSA) is 72.5 Å². The summed E-state index contributed by atoms with van der Waals surface area (Å²) in [6.07, 6.45) is -0.343. The smallest absolute Gasteiger partial charge is 0.338 e. The van der Waals surface area contributed by atoms with Crippen LogP contribution in [0, 0.1) is 12.7 Å². The van der Waals surface area contributed by atoms with Gasteiger partial charge in [0, 0.05) is 19.0 Å². The number of benzene rings is 2. The van der Waals surface area contributed by atoms with E-state index < -0.39 is 17.9 Å². The molecule has 5 nitrogen and oxygen atoms in total. The summed E-state index contributed by atoms with van der Waals surface area (Å²) in [4.78, 5) is 35.4. The molecule has 2 aromatic carbocycles. The Labute approximate surface area is 157 Å². The van der Waals surface area contributed by atoms with Crippen LogP contribution in [0.4, 0.5) is 4.39 Å². The van der Waals surface area contributed by atoms with E-state index in [0.29, 0.717) is 24.1 Å². The minimum Gasteiger partial charge on any atom is -0.451 e. The molecule has 6 heteroatoms. The lowest BCUT2D eigenvalue weighted by atomic mass is 10.0. The molecule has 142 valence electrons. The van der Waals surface area contributed by atoms with Crippen molar-refractivity contribution in [2.75, 3.05) is 6.54 Å². The van der Waals surface area contributed by atoms with Gasteiger partial charge in [0.15, 0.2) is 6.10 Å². The molecule has 0 radical (unpaired) electrons. The number of aryl methyl sites for hydroxylation is 1. The van der Waals surface area contributed by atoms with Crippen LogP contribution < -0.4 is 5.32 Å². The van der Waals surface area contributed by atoms with Crippen molar-refractivity contribution in [3.8, 4) is 0 Å². The molecule has 0 aromatic heterocycles. The highest BCUT2D eigenvalue weighted by Gasteiger charge is 2.21. The zero-order chi connectivity index (χ0) is 20.0. The third-order valence-corrected chi connectivity index (χ3v) is 4.09. The lowest BCUT2D eigenvalue weighted by Gasteiger charge is -2.13. The number of Topliss-reactive ketones (excluding diaryl/α,β-unsaturated/α-hetero) is 1. The van der Waals surface area contributed by atoms with Crippen LogP contribution in [0.25, 0.3) is 0 Å². The normalized spacial score (nSPS) is 11.6. The van der Waals surface area contributed by atoms with Crippen LogP contribution >= 0.6 is 0 Å². The van der Waals surface area contributed by atoms with Crippen LogP contribution in [0.5, 0.6) is 0 Å². The van der Waals surface area contributed by atoms with E-state index in [0.717, 1.165) is 11.6 Å². The number of hydrogen-bond acceptors (Lipinski definition) is 4. The van der Waals surface area contributed by atoms with Crippen molar-refractivity contribution in [2.45, 2.75) is 33.3 Å².